The number of anilines is 3. The van der Waals surface area contributed by atoms with Crippen LogP contribution in [0.3, 0.4) is 0 Å². The number of morpholine rings is 1. The number of thiophene rings is 1. The highest BCUT2D eigenvalue weighted by atomic mass is 32.2. The second kappa shape index (κ2) is 9.78. The molecule has 0 spiro atoms. The fourth-order valence-corrected chi connectivity index (χ4v) is 5.23. The normalized spacial score (nSPS) is 15.7. The molecule has 182 valence electrons. The van der Waals surface area contributed by atoms with E-state index in [-0.39, 0.29) is 11.2 Å². The van der Waals surface area contributed by atoms with Gasteiger partial charge in [0, 0.05) is 59.9 Å². The maximum atomic E-state index is 12.7. The summed E-state index contributed by atoms with van der Waals surface area (Å²) >= 11 is 1.38. The number of aromatic nitrogens is 2. The molecule has 11 heteroatoms. The van der Waals surface area contributed by atoms with Gasteiger partial charge in [-0.3, -0.25) is 4.79 Å². The van der Waals surface area contributed by atoms with Crippen molar-refractivity contribution in [3.63, 3.8) is 0 Å². The molecule has 1 aromatic carbocycles. The maximum absolute atomic E-state index is 12.7. The predicted octanol–water partition coefficient (Wildman–Crippen LogP) is 3.62. The van der Waals surface area contributed by atoms with Crippen LogP contribution in [0.4, 0.5) is 17.5 Å². The highest BCUT2D eigenvalue weighted by molar-refractivity contribution is 7.95. The van der Waals surface area contributed by atoms with Crippen molar-refractivity contribution in [2.75, 3.05) is 42.3 Å². The van der Waals surface area contributed by atoms with Gasteiger partial charge in [0.2, 0.25) is 11.4 Å². The first kappa shape index (κ1) is 23.5. The third-order valence-corrected chi connectivity index (χ3v) is 7.41. The van der Waals surface area contributed by atoms with Crippen LogP contribution in [-0.4, -0.2) is 56.7 Å². The topological polar surface area (TPSA) is 118 Å². The predicted molar refractivity (Wildman–Crippen MR) is 141 cm³/mol. The second-order valence-electron chi connectivity index (χ2n) is 8.16. The number of nitrogens with one attached hydrogen (secondary N) is 1. The zero-order valence-corrected chi connectivity index (χ0v) is 20.4. The molecule has 1 atom stereocenters. The summed E-state index contributed by atoms with van der Waals surface area (Å²) in [5.41, 5.74) is 3.76. The zero-order valence-electron chi connectivity index (χ0n) is 18.8. The molecule has 0 amide bonds. The van der Waals surface area contributed by atoms with Crippen LogP contribution < -0.4 is 15.6 Å². The van der Waals surface area contributed by atoms with Gasteiger partial charge in [0.1, 0.15) is 4.70 Å². The third-order valence-electron chi connectivity index (χ3n) is 5.60. The van der Waals surface area contributed by atoms with Crippen LogP contribution in [0.25, 0.3) is 21.4 Å². The van der Waals surface area contributed by atoms with Gasteiger partial charge in [0.15, 0.2) is 11.5 Å². The SMILES string of the molecule is C=S(=O)(O)CCc1ccnc(Nc2ccc(-c3csc4c(=O)cc(N5CCOCC5)oc34)cc2)n1. The van der Waals surface area contributed by atoms with E-state index in [1.54, 1.807) is 18.3 Å². The van der Waals surface area contributed by atoms with Crippen LogP contribution in [0.1, 0.15) is 5.69 Å². The Labute approximate surface area is 206 Å². The summed E-state index contributed by atoms with van der Waals surface area (Å²) in [6.45, 7) is 2.59. The molecule has 4 aromatic rings. The molecule has 9 nitrogen and oxygen atoms in total. The van der Waals surface area contributed by atoms with Gasteiger partial charge >= 0.3 is 0 Å². The molecule has 5 rings (SSSR count). The van der Waals surface area contributed by atoms with Gasteiger partial charge in [-0.25, -0.2) is 14.2 Å². The minimum absolute atomic E-state index is 0.0378. The van der Waals surface area contributed by atoms with Crippen molar-refractivity contribution >= 4 is 54.8 Å². The first-order valence-corrected chi connectivity index (χ1v) is 13.7. The van der Waals surface area contributed by atoms with Crippen molar-refractivity contribution in [3.05, 3.63) is 63.9 Å². The molecule has 0 aliphatic carbocycles. The first-order valence-electron chi connectivity index (χ1n) is 11.0. The summed E-state index contributed by atoms with van der Waals surface area (Å²) in [5, 5.41) is 5.09. The first-order chi connectivity index (χ1) is 16.9. The van der Waals surface area contributed by atoms with E-state index < -0.39 is 9.80 Å². The van der Waals surface area contributed by atoms with E-state index in [1.807, 2.05) is 34.5 Å². The fourth-order valence-electron chi connectivity index (χ4n) is 3.79. The van der Waals surface area contributed by atoms with Crippen LogP contribution >= 0.6 is 11.3 Å². The smallest absolute Gasteiger partial charge is 0.227 e. The average Bonchev–Trinajstić information content (AvgIpc) is 3.28. The van der Waals surface area contributed by atoms with Gasteiger partial charge < -0.3 is 23.9 Å². The molecule has 1 unspecified atom stereocenters. The standard InChI is InChI=1S/C24H24N4O5S2/c1-35(30,31)13-7-18-6-8-25-24(27-18)26-17-4-2-16(3-5-17)19-15-34-23-20(29)14-21(33-22(19)23)28-9-11-32-12-10-28/h2-6,8,14-15H,1,7,9-13H2,(H,30,31)(H,25,26,27). The van der Waals surface area contributed by atoms with E-state index in [0.29, 0.717) is 60.5 Å². The van der Waals surface area contributed by atoms with Gasteiger partial charge in [0.25, 0.3) is 0 Å². The third kappa shape index (κ3) is 5.54. The molecule has 1 aliphatic heterocycles. The summed E-state index contributed by atoms with van der Waals surface area (Å²) in [5.74, 6) is 4.25. The van der Waals surface area contributed by atoms with Crippen LogP contribution in [0, 0.1) is 0 Å². The fraction of sp³-hybridized carbons (Fsp3) is 0.250. The van der Waals surface area contributed by atoms with E-state index in [4.69, 9.17) is 9.15 Å². The van der Waals surface area contributed by atoms with Gasteiger partial charge in [-0.05, 0) is 29.6 Å². The number of ether oxygens (including phenoxy) is 1. The van der Waals surface area contributed by atoms with E-state index in [1.165, 1.54) is 11.3 Å². The Hall–Kier alpha value is -3.25. The van der Waals surface area contributed by atoms with Crippen molar-refractivity contribution in [2.45, 2.75) is 6.42 Å². The zero-order chi connectivity index (χ0) is 24.4. The van der Waals surface area contributed by atoms with Crippen LogP contribution in [0.15, 0.2) is 57.2 Å². The van der Waals surface area contributed by atoms with Crippen LogP contribution in [0.5, 0.6) is 0 Å². The summed E-state index contributed by atoms with van der Waals surface area (Å²) < 4.78 is 33.0. The lowest BCUT2D eigenvalue weighted by molar-refractivity contribution is 0.121. The minimum atomic E-state index is -3.06. The number of aryl methyl sites for hydroxylation is 1. The van der Waals surface area contributed by atoms with E-state index in [0.717, 1.165) is 16.8 Å². The van der Waals surface area contributed by atoms with Gasteiger partial charge in [-0.15, -0.1) is 11.3 Å². The number of rotatable bonds is 7. The number of hydrogen-bond acceptors (Lipinski definition) is 9. The monoisotopic (exact) mass is 512 g/mol. The lowest BCUT2D eigenvalue weighted by Gasteiger charge is -2.27. The van der Waals surface area contributed by atoms with Crippen molar-refractivity contribution in [3.8, 4) is 11.1 Å². The Morgan fingerprint density at radius 3 is 2.71 bits per heavy atom. The Balaban J connectivity index is 1.37. The van der Waals surface area contributed by atoms with Crippen LogP contribution in [-0.2, 0) is 21.0 Å². The minimum Gasteiger partial charge on any atom is -0.439 e. The lowest BCUT2D eigenvalue weighted by atomic mass is 10.1. The van der Waals surface area contributed by atoms with Crippen molar-refractivity contribution in [1.29, 1.82) is 0 Å². The molecular weight excluding hydrogens is 488 g/mol. The molecule has 0 saturated carbocycles. The molecule has 35 heavy (non-hydrogen) atoms. The van der Waals surface area contributed by atoms with Gasteiger partial charge in [-0.1, -0.05) is 12.1 Å². The van der Waals surface area contributed by atoms with E-state index in [2.05, 4.69) is 21.2 Å². The highest BCUT2D eigenvalue weighted by Crippen LogP contribution is 2.35. The Bertz CT molecular complexity index is 1510. The number of nitrogens with zero attached hydrogens (tertiary/aromatic N) is 3. The number of benzene rings is 1. The molecule has 4 heterocycles. The number of hydrogen-bond donors (Lipinski definition) is 2. The summed E-state index contributed by atoms with van der Waals surface area (Å²) in [6.07, 6.45) is 1.94. The molecule has 1 fully saturated rings. The molecule has 1 saturated heterocycles. The van der Waals surface area contributed by atoms with Gasteiger partial charge in [0.05, 0.1) is 23.0 Å². The van der Waals surface area contributed by atoms with Crippen molar-refractivity contribution in [2.24, 2.45) is 0 Å². The quantitative estimate of drug-likeness (QED) is 0.358. The average molecular weight is 513 g/mol. The molecule has 3 aromatic heterocycles. The molecule has 1 aliphatic rings. The second-order valence-corrected chi connectivity index (χ2v) is 11.0. The van der Waals surface area contributed by atoms with Gasteiger partial charge in [-0.2, -0.15) is 0 Å². The highest BCUT2D eigenvalue weighted by Gasteiger charge is 2.18. The Morgan fingerprint density at radius 2 is 1.97 bits per heavy atom. The largest absolute Gasteiger partial charge is 0.439 e. The molecule has 0 radical (unpaired) electrons. The summed E-state index contributed by atoms with van der Waals surface area (Å²) in [7, 11) is -3.06. The van der Waals surface area contributed by atoms with E-state index in [9.17, 15) is 13.6 Å². The molecule has 0 bridgehead atoms. The molecular formula is C24H24N4O5S2. The van der Waals surface area contributed by atoms with Crippen molar-refractivity contribution < 1.29 is 17.9 Å². The molecule has 2 N–H and O–H groups in total. The summed E-state index contributed by atoms with van der Waals surface area (Å²) in [4.78, 5) is 23.4. The number of fused-ring (bicyclic) bond motifs is 1. The Kier molecular flexibility index (Phi) is 6.56. The van der Waals surface area contributed by atoms with Crippen molar-refractivity contribution in [1.82, 2.24) is 9.97 Å². The summed E-state index contributed by atoms with van der Waals surface area (Å²) in [6, 6.07) is 11.0. The maximum Gasteiger partial charge on any atom is 0.227 e. The van der Waals surface area contributed by atoms with Crippen LogP contribution in [0.2, 0.25) is 0 Å². The van der Waals surface area contributed by atoms with E-state index >= 15 is 0 Å². The lowest BCUT2D eigenvalue weighted by Crippen LogP contribution is -2.36. The Morgan fingerprint density at radius 1 is 1.20 bits per heavy atom.